The number of amides is 1. The number of benzene rings is 2. The van der Waals surface area contributed by atoms with Crippen molar-refractivity contribution in [2.45, 2.75) is 37.4 Å². The van der Waals surface area contributed by atoms with Gasteiger partial charge in [-0.05, 0) is 45.1 Å². The van der Waals surface area contributed by atoms with Gasteiger partial charge in [0.1, 0.15) is 11.0 Å². The maximum atomic E-state index is 16.6. The molecule has 2 aliphatic rings. The summed E-state index contributed by atoms with van der Waals surface area (Å²) in [5.41, 5.74) is 2.30. The van der Waals surface area contributed by atoms with Gasteiger partial charge in [0.2, 0.25) is 5.91 Å². The Morgan fingerprint density at radius 3 is 2.69 bits per heavy atom. The Hall–Kier alpha value is -3.71. The van der Waals surface area contributed by atoms with E-state index in [4.69, 9.17) is 33.2 Å². The lowest BCUT2D eigenvalue weighted by molar-refractivity contribution is -0.130. The Balaban J connectivity index is 1.54. The maximum Gasteiger partial charge on any atom is 0.246 e. The second-order valence-electron chi connectivity index (χ2n) is 11.2. The van der Waals surface area contributed by atoms with Crippen LogP contribution in [0.5, 0.6) is 0 Å². The van der Waals surface area contributed by atoms with E-state index in [9.17, 15) is 10.1 Å². The van der Waals surface area contributed by atoms with Crippen LogP contribution in [0.4, 0.5) is 10.2 Å². The molecule has 8 nitrogen and oxygen atoms in total. The maximum absolute atomic E-state index is 16.6. The molecule has 2 aromatic carbocycles. The van der Waals surface area contributed by atoms with Gasteiger partial charge in [-0.1, -0.05) is 48.0 Å². The molecule has 4 aromatic rings. The van der Waals surface area contributed by atoms with Crippen LogP contribution in [0.25, 0.3) is 33.1 Å². The highest BCUT2D eigenvalue weighted by atomic mass is 35.5. The van der Waals surface area contributed by atoms with Crippen LogP contribution in [-0.2, 0) is 4.79 Å². The summed E-state index contributed by atoms with van der Waals surface area (Å²) >= 11 is 13.3. The van der Waals surface area contributed by atoms with Crippen LogP contribution in [0.1, 0.15) is 25.3 Å². The number of halogens is 3. The van der Waals surface area contributed by atoms with Crippen molar-refractivity contribution in [2.75, 3.05) is 38.6 Å². The minimum atomic E-state index is -0.542. The summed E-state index contributed by atoms with van der Waals surface area (Å²) in [5, 5.41) is 10.7. The molecule has 11 heteroatoms. The van der Waals surface area contributed by atoms with Crippen LogP contribution in [0.2, 0.25) is 10.0 Å². The standard InChI is InChI=1S/C31H30Cl2FN7O/c1-4-25(42)40-12-10-19(13-18(40)9-11-35)41-17-36-29-30(41)22-14-24(33)26(21-7-5-6-8-23(21)32)27(34)28(22)37-31(29)39-15-20(16-39)38(2)3/h4-8,14,17-20H,1,9-10,12-13,15-16H2,2-3H3. The van der Waals surface area contributed by atoms with Crippen LogP contribution >= 0.6 is 23.2 Å². The van der Waals surface area contributed by atoms with Crippen LogP contribution in [-0.4, -0.2) is 76.1 Å². The fourth-order valence-corrected chi connectivity index (χ4v) is 6.72. The van der Waals surface area contributed by atoms with Crippen molar-refractivity contribution in [1.29, 1.82) is 5.26 Å². The lowest BCUT2D eigenvalue weighted by Gasteiger charge is -2.43. The number of hydrogen-bond acceptors (Lipinski definition) is 6. The Kier molecular flexibility index (Phi) is 7.56. The average Bonchev–Trinajstić information content (AvgIpc) is 3.39. The van der Waals surface area contributed by atoms with Gasteiger partial charge in [-0.3, -0.25) is 4.79 Å². The predicted molar refractivity (Wildman–Crippen MR) is 164 cm³/mol. The predicted octanol–water partition coefficient (Wildman–Crippen LogP) is 6.08. The molecule has 216 valence electrons. The van der Waals surface area contributed by atoms with E-state index in [0.717, 1.165) is 18.6 Å². The number of likely N-dealkylation sites (N-methyl/N-ethyl adjacent to an activating group) is 1. The number of nitriles is 1. The third-order valence-corrected chi connectivity index (χ3v) is 9.20. The number of aromatic nitrogens is 3. The number of anilines is 1. The molecule has 2 atom stereocenters. The number of hydrogen-bond donors (Lipinski definition) is 0. The summed E-state index contributed by atoms with van der Waals surface area (Å²) < 4.78 is 18.6. The lowest BCUT2D eigenvalue weighted by atomic mass is 9.94. The van der Waals surface area contributed by atoms with Gasteiger partial charge in [0.25, 0.3) is 0 Å². The normalized spacial score (nSPS) is 19.4. The van der Waals surface area contributed by atoms with E-state index in [1.54, 1.807) is 41.6 Å². The van der Waals surface area contributed by atoms with Crippen molar-refractivity contribution < 1.29 is 9.18 Å². The molecule has 0 N–H and O–H groups in total. The van der Waals surface area contributed by atoms with Crippen molar-refractivity contribution in [2.24, 2.45) is 0 Å². The van der Waals surface area contributed by atoms with Crippen molar-refractivity contribution in [3.8, 4) is 17.2 Å². The molecule has 2 aliphatic heterocycles. The molecular weight excluding hydrogens is 576 g/mol. The second-order valence-corrected chi connectivity index (χ2v) is 12.0. The van der Waals surface area contributed by atoms with Gasteiger partial charge in [-0.15, -0.1) is 0 Å². The quantitative estimate of drug-likeness (QED) is 0.248. The van der Waals surface area contributed by atoms with Crippen LogP contribution < -0.4 is 4.90 Å². The van der Waals surface area contributed by atoms with Gasteiger partial charge in [0.05, 0.1) is 29.4 Å². The molecule has 2 aromatic heterocycles. The zero-order valence-corrected chi connectivity index (χ0v) is 24.9. The third kappa shape index (κ3) is 4.68. The van der Waals surface area contributed by atoms with Gasteiger partial charge in [-0.2, -0.15) is 5.26 Å². The van der Waals surface area contributed by atoms with E-state index >= 15 is 4.39 Å². The Labute approximate surface area is 253 Å². The molecule has 0 radical (unpaired) electrons. The van der Waals surface area contributed by atoms with E-state index in [0.29, 0.717) is 52.7 Å². The van der Waals surface area contributed by atoms with Crippen LogP contribution in [0, 0.1) is 17.1 Å². The minimum Gasteiger partial charge on any atom is -0.351 e. The minimum absolute atomic E-state index is 0.0725. The van der Waals surface area contributed by atoms with Gasteiger partial charge < -0.3 is 19.3 Å². The first-order valence-corrected chi connectivity index (χ1v) is 14.6. The van der Waals surface area contributed by atoms with Gasteiger partial charge in [-0.25, -0.2) is 14.4 Å². The SMILES string of the molecule is C=CC(=O)N1CCC(n2cnc3c(N4CC(N(C)C)C4)nc4c(F)c(-c5ccccc5Cl)c(Cl)cc4c32)CC1CC#N. The summed E-state index contributed by atoms with van der Waals surface area (Å²) in [6.07, 6.45) is 4.46. The Bertz CT molecular complexity index is 1760. The Morgan fingerprint density at radius 2 is 2.00 bits per heavy atom. The number of carbonyl (C=O) groups excluding carboxylic acids is 1. The second kappa shape index (κ2) is 11.2. The van der Waals surface area contributed by atoms with E-state index in [1.807, 2.05) is 14.1 Å². The molecular formula is C31H30Cl2FN7O. The number of imidazole rings is 1. The smallest absolute Gasteiger partial charge is 0.246 e. The number of likely N-dealkylation sites (tertiary alicyclic amines) is 1. The first-order chi connectivity index (χ1) is 20.2. The topological polar surface area (TPSA) is 81.3 Å². The third-order valence-electron chi connectivity index (χ3n) is 8.57. The summed E-state index contributed by atoms with van der Waals surface area (Å²) in [4.78, 5) is 28.2. The largest absolute Gasteiger partial charge is 0.351 e. The van der Waals surface area contributed by atoms with Crippen molar-refractivity contribution in [1.82, 2.24) is 24.3 Å². The van der Waals surface area contributed by atoms with Gasteiger partial charge in [0.15, 0.2) is 11.6 Å². The fraction of sp³-hybridized carbons (Fsp3) is 0.355. The number of pyridine rings is 1. The number of piperidine rings is 1. The highest BCUT2D eigenvalue weighted by Gasteiger charge is 2.35. The van der Waals surface area contributed by atoms with E-state index < -0.39 is 5.82 Å². The van der Waals surface area contributed by atoms with Crippen LogP contribution in [0.15, 0.2) is 49.3 Å². The number of fused-ring (bicyclic) bond motifs is 3. The van der Waals surface area contributed by atoms with E-state index in [2.05, 4.69) is 27.0 Å². The highest BCUT2D eigenvalue weighted by Crippen LogP contribution is 2.43. The molecule has 2 unspecified atom stereocenters. The van der Waals surface area contributed by atoms with Crippen molar-refractivity contribution in [3.05, 3.63) is 65.2 Å². The number of rotatable bonds is 6. The summed E-state index contributed by atoms with van der Waals surface area (Å²) in [6.45, 7) is 5.58. The highest BCUT2D eigenvalue weighted by molar-refractivity contribution is 6.37. The molecule has 42 heavy (non-hydrogen) atoms. The molecule has 1 amide bonds. The zero-order chi connectivity index (χ0) is 29.7. The number of carbonyl (C=O) groups is 1. The van der Waals surface area contributed by atoms with Crippen molar-refractivity contribution in [3.63, 3.8) is 0 Å². The van der Waals surface area contributed by atoms with E-state index in [1.165, 1.54) is 6.08 Å². The molecule has 0 spiro atoms. The summed E-state index contributed by atoms with van der Waals surface area (Å²) in [5.74, 6) is -0.108. The fourth-order valence-electron chi connectivity index (χ4n) is 6.20. The molecule has 0 saturated carbocycles. The molecule has 6 rings (SSSR count). The zero-order valence-electron chi connectivity index (χ0n) is 23.4. The van der Waals surface area contributed by atoms with Crippen molar-refractivity contribution >= 4 is 56.9 Å². The summed E-state index contributed by atoms with van der Waals surface area (Å²) in [7, 11) is 4.08. The first-order valence-electron chi connectivity index (χ1n) is 13.9. The molecule has 2 fully saturated rings. The monoisotopic (exact) mass is 605 g/mol. The van der Waals surface area contributed by atoms with Gasteiger partial charge >= 0.3 is 0 Å². The van der Waals surface area contributed by atoms with Gasteiger partial charge in [0, 0.05) is 59.3 Å². The van der Waals surface area contributed by atoms with Crippen LogP contribution in [0.3, 0.4) is 0 Å². The molecule has 0 bridgehead atoms. The average molecular weight is 607 g/mol. The summed E-state index contributed by atoms with van der Waals surface area (Å²) in [6, 6.07) is 11.0. The lowest BCUT2D eigenvalue weighted by Crippen LogP contribution is -2.57. The Morgan fingerprint density at radius 1 is 1.24 bits per heavy atom. The molecule has 2 saturated heterocycles. The molecule has 0 aliphatic carbocycles. The first kappa shape index (κ1) is 28.4. The molecule has 4 heterocycles. The van der Waals surface area contributed by atoms with E-state index in [-0.39, 0.29) is 40.5 Å². The number of nitrogens with zero attached hydrogens (tertiary/aromatic N) is 7.